The van der Waals surface area contributed by atoms with Gasteiger partial charge < -0.3 is 15.0 Å². The molecule has 2 aliphatic heterocycles. The third kappa shape index (κ3) is 5.43. The van der Waals surface area contributed by atoms with Gasteiger partial charge in [-0.25, -0.2) is 0 Å². The molecule has 2 saturated heterocycles. The van der Waals surface area contributed by atoms with E-state index in [0.717, 1.165) is 52.2 Å². The molecule has 2 aliphatic rings. The zero-order valence-electron chi connectivity index (χ0n) is 15.0. The molecule has 26 heavy (non-hydrogen) atoms. The van der Waals surface area contributed by atoms with Crippen molar-refractivity contribution in [2.45, 2.75) is 25.4 Å². The van der Waals surface area contributed by atoms with Crippen molar-refractivity contribution in [2.75, 3.05) is 45.9 Å². The van der Waals surface area contributed by atoms with Crippen molar-refractivity contribution in [2.24, 2.45) is 0 Å². The summed E-state index contributed by atoms with van der Waals surface area (Å²) in [4.78, 5) is 28.6. The van der Waals surface area contributed by atoms with Gasteiger partial charge in [-0.1, -0.05) is 11.6 Å². The Morgan fingerprint density at radius 1 is 1.15 bits per heavy atom. The van der Waals surface area contributed by atoms with Gasteiger partial charge in [0.15, 0.2) is 0 Å². The smallest absolute Gasteiger partial charge is 0.251 e. The summed E-state index contributed by atoms with van der Waals surface area (Å²) >= 11 is 5.81. The number of hydrogen-bond acceptors (Lipinski definition) is 4. The van der Waals surface area contributed by atoms with E-state index in [4.69, 9.17) is 16.3 Å². The van der Waals surface area contributed by atoms with Crippen LogP contribution in [0.4, 0.5) is 0 Å². The number of amides is 2. The number of ether oxygens (including phenoxy) is 1. The van der Waals surface area contributed by atoms with E-state index in [9.17, 15) is 9.59 Å². The molecule has 142 valence electrons. The lowest BCUT2D eigenvalue weighted by molar-refractivity contribution is -0.132. The van der Waals surface area contributed by atoms with Crippen LogP contribution in [-0.2, 0) is 9.53 Å². The van der Waals surface area contributed by atoms with Crippen molar-refractivity contribution in [1.29, 1.82) is 0 Å². The standard InChI is InChI=1S/C19H26ClN3O3/c20-16-5-3-15(4-6-16)19(25)21-8-7-18(24)23-11-9-22(10-12-23)14-17-2-1-13-26-17/h3-6,17H,1-2,7-14H2,(H,21,25). The summed E-state index contributed by atoms with van der Waals surface area (Å²) in [5.74, 6) is -0.0889. The minimum atomic E-state index is -0.184. The molecule has 0 spiro atoms. The van der Waals surface area contributed by atoms with Crippen LogP contribution in [0.5, 0.6) is 0 Å². The van der Waals surface area contributed by atoms with E-state index in [1.54, 1.807) is 24.3 Å². The van der Waals surface area contributed by atoms with Gasteiger partial charge in [0.05, 0.1) is 6.10 Å². The number of carbonyl (C=O) groups excluding carboxylic acids is 2. The molecule has 2 heterocycles. The van der Waals surface area contributed by atoms with E-state index in [0.29, 0.717) is 29.7 Å². The average molecular weight is 380 g/mol. The summed E-state index contributed by atoms with van der Waals surface area (Å²) in [6, 6.07) is 6.70. The van der Waals surface area contributed by atoms with Crippen molar-refractivity contribution >= 4 is 23.4 Å². The van der Waals surface area contributed by atoms with Gasteiger partial charge in [0.25, 0.3) is 5.91 Å². The monoisotopic (exact) mass is 379 g/mol. The number of carbonyl (C=O) groups is 2. The fourth-order valence-electron chi connectivity index (χ4n) is 3.40. The van der Waals surface area contributed by atoms with E-state index in [1.807, 2.05) is 4.90 Å². The second kappa shape index (κ2) is 9.35. The predicted molar refractivity (Wildman–Crippen MR) is 100 cm³/mol. The largest absolute Gasteiger partial charge is 0.377 e. The number of benzene rings is 1. The molecule has 2 amide bonds. The first kappa shape index (κ1) is 19.1. The first-order chi connectivity index (χ1) is 12.6. The molecule has 0 bridgehead atoms. The summed E-state index contributed by atoms with van der Waals surface area (Å²) in [6.45, 7) is 5.47. The lowest BCUT2D eigenvalue weighted by atomic mass is 10.2. The Hall–Kier alpha value is -1.63. The predicted octanol–water partition coefficient (Wildman–Crippen LogP) is 1.78. The maximum absolute atomic E-state index is 12.3. The van der Waals surface area contributed by atoms with Crippen molar-refractivity contribution in [3.05, 3.63) is 34.9 Å². The molecule has 7 heteroatoms. The molecule has 1 atom stereocenters. The summed E-state index contributed by atoms with van der Waals surface area (Å²) in [5.41, 5.74) is 0.546. The van der Waals surface area contributed by atoms with Crippen LogP contribution in [0.3, 0.4) is 0 Å². The highest BCUT2D eigenvalue weighted by Gasteiger charge is 2.24. The van der Waals surface area contributed by atoms with E-state index < -0.39 is 0 Å². The fourth-order valence-corrected chi connectivity index (χ4v) is 3.53. The molecule has 6 nitrogen and oxygen atoms in total. The van der Waals surface area contributed by atoms with Crippen LogP contribution < -0.4 is 5.32 Å². The normalized spacial score (nSPS) is 21.0. The topological polar surface area (TPSA) is 61.9 Å². The molecule has 2 fully saturated rings. The van der Waals surface area contributed by atoms with Gasteiger partial charge in [0, 0.05) is 62.9 Å². The molecular formula is C19H26ClN3O3. The van der Waals surface area contributed by atoms with Crippen LogP contribution in [0.25, 0.3) is 0 Å². The maximum atomic E-state index is 12.3. The lowest BCUT2D eigenvalue weighted by Gasteiger charge is -2.35. The minimum absolute atomic E-state index is 0.0955. The van der Waals surface area contributed by atoms with E-state index in [1.165, 1.54) is 0 Å². The highest BCUT2D eigenvalue weighted by atomic mass is 35.5. The highest BCUT2D eigenvalue weighted by molar-refractivity contribution is 6.30. The molecule has 1 unspecified atom stereocenters. The Kier molecular flexibility index (Phi) is 6.88. The zero-order chi connectivity index (χ0) is 18.4. The van der Waals surface area contributed by atoms with E-state index >= 15 is 0 Å². The molecular weight excluding hydrogens is 354 g/mol. The number of piperazine rings is 1. The molecule has 0 aromatic heterocycles. The van der Waals surface area contributed by atoms with Crippen LogP contribution in [0.2, 0.25) is 5.02 Å². The molecule has 0 radical (unpaired) electrons. The van der Waals surface area contributed by atoms with Gasteiger partial charge in [-0.05, 0) is 37.1 Å². The summed E-state index contributed by atoms with van der Waals surface area (Å²) in [7, 11) is 0. The molecule has 1 aromatic carbocycles. The summed E-state index contributed by atoms with van der Waals surface area (Å²) < 4.78 is 5.68. The Balaban J connectivity index is 1.33. The van der Waals surface area contributed by atoms with Crippen LogP contribution in [-0.4, -0.2) is 73.6 Å². The van der Waals surface area contributed by atoms with Crippen LogP contribution in [0, 0.1) is 0 Å². The van der Waals surface area contributed by atoms with Gasteiger partial charge >= 0.3 is 0 Å². The SMILES string of the molecule is O=C(NCCC(=O)N1CCN(CC2CCCO2)CC1)c1ccc(Cl)cc1. The number of halogens is 1. The quantitative estimate of drug-likeness (QED) is 0.818. The van der Waals surface area contributed by atoms with Gasteiger partial charge in [-0.15, -0.1) is 0 Å². The van der Waals surface area contributed by atoms with Crippen LogP contribution in [0.1, 0.15) is 29.6 Å². The second-order valence-corrected chi connectivity index (χ2v) is 7.27. The van der Waals surface area contributed by atoms with E-state index in [-0.39, 0.29) is 11.8 Å². The Morgan fingerprint density at radius 2 is 1.88 bits per heavy atom. The highest BCUT2D eigenvalue weighted by Crippen LogP contribution is 2.14. The zero-order valence-corrected chi connectivity index (χ0v) is 15.7. The van der Waals surface area contributed by atoms with Gasteiger partial charge in [0.2, 0.25) is 5.91 Å². The first-order valence-electron chi connectivity index (χ1n) is 9.27. The fraction of sp³-hybridized carbons (Fsp3) is 0.579. The molecule has 1 aromatic rings. The average Bonchev–Trinajstić information content (AvgIpc) is 3.15. The van der Waals surface area contributed by atoms with Gasteiger partial charge in [-0.2, -0.15) is 0 Å². The summed E-state index contributed by atoms with van der Waals surface area (Å²) in [6.07, 6.45) is 2.99. The molecule has 0 aliphatic carbocycles. The second-order valence-electron chi connectivity index (χ2n) is 6.83. The lowest BCUT2D eigenvalue weighted by Crippen LogP contribution is -2.50. The van der Waals surface area contributed by atoms with Crippen molar-refractivity contribution in [3.63, 3.8) is 0 Å². The number of nitrogens with one attached hydrogen (secondary N) is 1. The Bertz CT molecular complexity index is 609. The van der Waals surface area contributed by atoms with Crippen molar-refractivity contribution < 1.29 is 14.3 Å². The van der Waals surface area contributed by atoms with Crippen LogP contribution >= 0.6 is 11.6 Å². The number of nitrogens with zero attached hydrogens (tertiary/aromatic N) is 2. The van der Waals surface area contributed by atoms with E-state index in [2.05, 4.69) is 10.2 Å². The van der Waals surface area contributed by atoms with Gasteiger partial charge in [-0.3, -0.25) is 14.5 Å². The third-order valence-corrected chi connectivity index (χ3v) is 5.19. The first-order valence-corrected chi connectivity index (χ1v) is 9.65. The third-order valence-electron chi connectivity index (χ3n) is 4.94. The van der Waals surface area contributed by atoms with Crippen molar-refractivity contribution in [1.82, 2.24) is 15.1 Å². The summed E-state index contributed by atoms with van der Waals surface area (Å²) in [5, 5.41) is 3.38. The van der Waals surface area contributed by atoms with Crippen LogP contribution in [0.15, 0.2) is 24.3 Å². The molecule has 3 rings (SSSR count). The van der Waals surface area contributed by atoms with Crippen molar-refractivity contribution in [3.8, 4) is 0 Å². The molecule has 0 saturated carbocycles. The Labute approximate surface area is 159 Å². The minimum Gasteiger partial charge on any atom is -0.377 e. The Morgan fingerprint density at radius 3 is 2.54 bits per heavy atom. The van der Waals surface area contributed by atoms with Gasteiger partial charge in [0.1, 0.15) is 0 Å². The number of rotatable bonds is 6. The maximum Gasteiger partial charge on any atom is 0.251 e. The molecule has 1 N–H and O–H groups in total. The number of hydrogen-bond donors (Lipinski definition) is 1.